The number of rotatable bonds is 4. The smallest absolute Gasteiger partial charge is 0.234 e. The van der Waals surface area contributed by atoms with Gasteiger partial charge < -0.3 is 20.3 Å². The van der Waals surface area contributed by atoms with E-state index in [1.165, 1.54) is 11.1 Å². The summed E-state index contributed by atoms with van der Waals surface area (Å²) in [5, 5.41) is 6.85. The van der Waals surface area contributed by atoms with E-state index in [1.807, 2.05) is 6.07 Å². The molecule has 1 aliphatic carbocycles. The van der Waals surface area contributed by atoms with Gasteiger partial charge in [0.2, 0.25) is 11.8 Å². The van der Waals surface area contributed by atoms with Crippen LogP contribution in [0.3, 0.4) is 0 Å². The second-order valence-corrected chi connectivity index (χ2v) is 6.50. The molecule has 0 amide bonds. The molecule has 1 fully saturated rings. The van der Waals surface area contributed by atoms with Gasteiger partial charge in [-0.25, -0.2) is 0 Å². The van der Waals surface area contributed by atoms with Crippen molar-refractivity contribution in [3.8, 4) is 5.88 Å². The third-order valence-corrected chi connectivity index (χ3v) is 4.42. The molecule has 24 heavy (non-hydrogen) atoms. The zero-order valence-electron chi connectivity index (χ0n) is 13.5. The molecular weight excluding hydrogens is 322 g/mol. The lowest BCUT2D eigenvalue weighted by atomic mass is 10.1. The molecule has 1 saturated carbocycles. The van der Waals surface area contributed by atoms with E-state index in [-0.39, 0.29) is 0 Å². The molecule has 2 N–H and O–H groups in total. The van der Waals surface area contributed by atoms with Crippen LogP contribution in [0.25, 0.3) is 0 Å². The van der Waals surface area contributed by atoms with Gasteiger partial charge in [-0.2, -0.15) is 9.97 Å². The maximum atomic E-state index is 5.33. The molecule has 6 nitrogen and oxygen atoms in total. The lowest BCUT2D eigenvalue weighted by Gasteiger charge is -2.18. The Morgan fingerprint density at radius 1 is 1.21 bits per heavy atom. The first-order valence-electron chi connectivity index (χ1n) is 8.03. The number of hydrogen-bond acceptors (Lipinski definition) is 5. The number of thiocarbonyl (C=S) groups is 1. The average Bonchev–Trinajstić information content (AvgIpc) is 3.28. The highest BCUT2D eigenvalue weighted by Gasteiger charge is 2.23. The van der Waals surface area contributed by atoms with E-state index < -0.39 is 0 Å². The SMILES string of the molecule is COc1cc(N2Cc3ccccc3C2)nc(NC(=S)NC2CC2)n1. The number of nitrogens with one attached hydrogen (secondary N) is 2. The molecule has 0 unspecified atom stereocenters. The maximum absolute atomic E-state index is 5.33. The van der Waals surface area contributed by atoms with Crippen LogP contribution in [0.4, 0.5) is 11.8 Å². The normalized spacial score (nSPS) is 15.8. The van der Waals surface area contributed by atoms with Crippen LogP contribution < -0.4 is 20.3 Å². The Balaban J connectivity index is 1.54. The fourth-order valence-electron chi connectivity index (χ4n) is 2.78. The van der Waals surface area contributed by atoms with E-state index in [9.17, 15) is 0 Å². The van der Waals surface area contributed by atoms with Crippen LogP contribution in [0.15, 0.2) is 30.3 Å². The number of aromatic nitrogens is 2. The molecule has 0 saturated heterocycles. The lowest BCUT2D eigenvalue weighted by Crippen LogP contribution is -2.31. The third kappa shape index (κ3) is 3.26. The van der Waals surface area contributed by atoms with E-state index >= 15 is 0 Å². The molecule has 4 rings (SSSR count). The Kier molecular flexibility index (Phi) is 3.93. The highest BCUT2D eigenvalue weighted by molar-refractivity contribution is 7.80. The van der Waals surface area contributed by atoms with Gasteiger partial charge in [-0.05, 0) is 36.2 Å². The van der Waals surface area contributed by atoms with E-state index in [1.54, 1.807) is 7.11 Å². The Morgan fingerprint density at radius 2 is 1.92 bits per heavy atom. The number of ether oxygens (including phenoxy) is 1. The largest absolute Gasteiger partial charge is 0.481 e. The molecule has 0 bridgehead atoms. The fraction of sp³-hybridized carbons (Fsp3) is 0.353. The predicted octanol–water partition coefficient (Wildman–Crippen LogP) is 2.45. The van der Waals surface area contributed by atoms with Gasteiger partial charge in [0.1, 0.15) is 5.82 Å². The molecule has 1 aromatic heterocycles. The summed E-state index contributed by atoms with van der Waals surface area (Å²) in [6.45, 7) is 1.67. The fourth-order valence-corrected chi connectivity index (χ4v) is 3.04. The lowest BCUT2D eigenvalue weighted by molar-refractivity contribution is 0.397. The molecule has 2 heterocycles. The second kappa shape index (κ2) is 6.24. The molecule has 124 valence electrons. The first kappa shape index (κ1) is 15.1. The molecule has 0 spiro atoms. The van der Waals surface area contributed by atoms with Crippen LogP contribution in [0.1, 0.15) is 24.0 Å². The first-order chi connectivity index (χ1) is 11.7. The summed E-state index contributed by atoms with van der Waals surface area (Å²) in [7, 11) is 1.61. The van der Waals surface area contributed by atoms with E-state index in [2.05, 4.69) is 49.8 Å². The summed E-state index contributed by atoms with van der Waals surface area (Å²) >= 11 is 5.31. The van der Waals surface area contributed by atoms with Crippen LogP contribution >= 0.6 is 12.2 Å². The molecule has 0 atom stereocenters. The van der Waals surface area contributed by atoms with Gasteiger partial charge in [0.05, 0.1) is 7.11 Å². The van der Waals surface area contributed by atoms with Crippen molar-refractivity contribution < 1.29 is 4.74 Å². The molecule has 1 aliphatic heterocycles. The summed E-state index contributed by atoms with van der Waals surface area (Å²) < 4.78 is 5.33. The minimum absolute atomic E-state index is 0.457. The van der Waals surface area contributed by atoms with Gasteiger partial charge in [0.25, 0.3) is 0 Å². The summed E-state index contributed by atoms with van der Waals surface area (Å²) in [4.78, 5) is 11.2. The maximum Gasteiger partial charge on any atom is 0.234 e. The highest BCUT2D eigenvalue weighted by atomic mass is 32.1. The summed E-state index contributed by atoms with van der Waals surface area (Å²) in [5.74, 6) is 1.81. The van der Waals surface area contributed by atoms with Crippen LogP contribution in [-0.4, -0.2) is 28.2 Å². The Hall–Kier alpha value is -2.41. The molecule has 2 aliphatic rings. The van der Waals surface area contributed by atoms with Gasteiger partial charge >= 0.3 is 0 Å². The van der Waals surface area contributed by atoms with E-state index in [4.69, 9.17) is 17.0 Å². The van der Waals surface area contributed by atoms with Crippen LogP contribution in [0, 0.1) is 0 Å². The van der Waals surface area contributed by atoms with Crippen molar-refractivity contribution in [2.45, 2.75) is 32.0 Å². The minimum Gasteiger partial charge on any atom is -0.481 e. The van der Waals surface area contributed by atoms with Crippen molar-refractivity contribution in [1.82, 2.24) is 15.3 Å². The molecule has 0 radical (unpaired) electrons. The Morgan fingerprint density at radius 3 is 2.54 bits per heavy atom. The van der Waals surface area contributed by atoms with Gasteiger partial charge in [-0.1, -0.05) is 24.3 Å². The van der Waals surface area contributed by atoms with Crippen molar-refractivity contribution in [2.75, 3.05) is 17.3 Å². The predicted molar refractivity (Wildman–Crippen MR) is 97.3 cm³/mol. The monoisotopic (exact) mass is 341 g/mol. The summed E-state index contributed by atoms with van der Waals surface area (Å²) in [6, 6.07) is 10.8. The van der Waals surface area contributed by atoms with Gasteiger partial charge in [-0.15, -0.1) is 0 Å². The van der Waals surface area contributed by atoms with Crippen molar-refractivity contribution in [3.63, 3.8) is 0 Å². The average molecular weight is 341 g/mol. The van der Waals surface area contributed by atoms with Crippen molar-refractivity contribution in [3.05, 3.63) is 41.5 Å². The Labute approximate surface area is 146 Å². The number of nitrogens with zero attached hydrogens (tertiary/aromatic N) is 3. The highest BCUT2D eigenvalue weighted by Crippen LogP contribution is 2.29. The summed E-state index contributed by atoms with van der Waals surface area (Å²) in [5.41, 5.74) is 2.66. The van der Waals surface area contributed by atoms with Crippen LogP contribution in [-0.2, 0) is 13.1 Å². The minimum atomic E-state index is 0.457. The van der Waals surface area contributed by atoms with Crippen molar-refractivity contribution in [1.29, 1.82) is 0 Å². The molecule has 7 heteroatoms. The van der Waals surface area contributed by atoms with Gasteiger partial charge in [0, 0.05) is 25.2 Å². The number of methoxy groups -OCH3 is 1. The van der Waals surface area contributed by atoms with Gasteiger partial charge in [0.15, 0.2) is 5.11 Å². The molecular formula is C17H19N5OS. The second-order valence-electron chi connectivity index (χ2n) is 6.09. The van der Waals surface area contributed by atoms with Crippen molar-refractivity contribution in [2.24, 2.45) is 0 Å². The topological polar surface area (TPSA) is 62.3 Å². The molecule has 2 aromatic rings. The van der Waals surface area contributed by atoms with Crippen LogP contribution in [0.5, 0.6) is 5.88 Å². The number of hydrogen-bond donors (Lipinski definition) is 2. The van der Waals surface area contributed by atoms with Gasteiger partial charge in [-0.3, -0.25) is 0 Å². The first-order valence-corrected chi connectivity index (χ1v) is 8.44. The van der Waals surface area contributed by atoms with Crippen LogP contribution in [0.2, 0.25) is 0 Å². The van der Waals surface area contributed by atoms with E-state index in [0.29, 0.717) is 23.0 Å². The number of anilines is 2. The molecule has 1 aromatic carbocycles. The quantitative estimate of drug-likeness (QED) is 0.828. The summed E-state index contributed by atoms with van der Waals surface area (Å²) in [6.07, 6.45) is 2.33. The standard InChI is InChI=1S/C17H19N5OS/c1-23-15-8-14(22-9-11-4-2-3-5-12(11)10-22)19-16(20-15)21-17(24)18-13-6-7-13/h2-5,8,13H,6-7,9-10H2,1H3,(H2,18,19,20,21,24). The zero-order chi connectivity index (χ0) is 16.5. The zero-order valence-corrected chi connectivity index (χ0v) is 14.3. The third-order valence-electron chi connectivity index (χ3n) is 4.20. The number of benzene rings is 1. The van der Waals surface area contributed by atoms with Crippen molar-refractivity contribution >= 4 is 29.1 Å². The Bertz CT molecular complexity index is 752. The number of fused-ring (bicyclic) bond motifs is 1. The van der Waals surface area contributed by atoms with E-state index in [0.717, 1.165) is 31.7 Å².